The summed E-state index contributed by atoms with van der Waals surface area (Å²) in [7, 11) is 1.29. The number of rotatable bonds is 7. The van der Waals surface area contributed by atoms with Crippen molar-refractivity contribution in [2.45, 2.75) is 6.04 Å². The second-order valence-corrected chi connectivity index (χ2v) is 7.75. The Morgan fingerprint density at radius 1 is 1.12 bits per heavy atom. The Hall–Kier alpha value is -4.04. The van der Waals surface area contributed by atoms with Crippen LogP contribution in [0.1, 0.15) is 16.5 Å². The molecule has 0 aliphatic rings. The topological polar surface area (TPSA) is 86.1 Å². The third-order valence-corrected chi connectivity index (χ3v) is 5.60. The van der Waals surface area contributed by atoms with E-state index in [-0.39, 0.29) is 0 Å². The molecular weight excluding hydrogens is 424 g/mol. The molecule has 1 N–H and O–H groups in total. The van der Waals surface area contributed by atoms with Crippen LogP contribution >= 0.6 is 11.3 Å². The number of carbonyl (C=O) groups is 2. The second kappa shape index (κ2) is 9.84. The number of carbonyl (C=O) groups excluding carboxylic acids is 2. The molecule has 160 valence electrons. The van der Waals surface area contributed by atoms with Crippen molar-refractivity contribution >= 4 is 29.3 Å². The summed E-state index contributed by atoms with van der Waals surface area (Å²) in [4.78, 5) is 29.6. The van der Waals surface area contributed by atoms with Gasteiger partial charge in [0.2, 0.25) is 5.91 Å². The van der Waals surface area contributed by atoms with Crippen LogP contribution in [0.2, 0.25) is 0 Å². The number of ether oxygens (including phenoxy) is 1. The van der Waals surface area contributed by atoms with Gasteiger partial charge in [0.25, 0.3) is 0 Å². The van der Waals surface area contributed by atoms with Crippen LogP contribution in [-0.2, 0) is 14.3 Å². The molecule has 7 nitrogen and oxygen atoms in total. The number of nitrogens with one attached hydrogen (secondary N) is 1. The number of hydrogen-bond acceptors (Lipinski definition) is 6. The number of methoxy groups -OCH3 is 1. The van der Waals surface area contributed by atoms with Crippen molar-refractivity contribution in [1.29, 1.82) is 0 Å². The molecule has 3 aromatic heterocycles. The highest BCUT2D eigenvalue weighted by atomic mass is 32.1. The van der Waals surface area contributed by atoms with E-state index in [0.29, 0.717) is 10.6 Å². The van der Waals surface area contributed by atoms with Crippen LogP contribution < -0.4 is 5.32 Å². The maximum absolute atomic E-state index is 12.6. The van der Waals surface area contributed by atoms with Gasteiger partial charge in [-0.05, 0) is 41.8 Å². The van der Waals surface area contributed by atoms with Crippen LogP contribution in [0.15, 0.2) is 84.6 Å². The van der Waals surface area contributed by atoms with Crippen molar-refractivity contribution in [2.24, 2.45) is 0 Å². The van der Waals surface area contributed by atoms with Crippen LogP contribution in [0.4, 0.5) is 0 Å². The number of para-hydroxylation sites is 1. The van der Waals surface area contributed by atoms with E-state index in [1.807, 2.05) is 60.1 Å². The number of benzene rings is 1. The molecule has 0 radical (unpaired) electrons. The van der Waals surface area contributed by atoms with E-state index in [2.05, 4.69) is 10.3 Å². The summed E-state index contributed by atoms with van der Waals surface area (Å²) in [6.45, 7) is 0. The van der Waals surface area contributed by atoms with Gasteiger partial charge in [-0.25, -0.2) is 9.48 Å². The smallest absolute Gasteiger partial charge is 0.333 e. The zero-order chi connectivity index (χ0) is 22.3. The summed E-state index contributed by atoms with van der Waals surface area (Å²) in [6, 6.07) is 16.2. The standard InChI is InChI=1S/C24H20N4O3S/c1-31-24(30)23(20-10-6-14-32-20)26-21(29)12-11-18-16-28(19-8-3-2-4-9-19)27-22(18)17-7-5-13-25-15-17/h2-16,23H,1H3,(H,26,29)/b12-11-/t23-/m0/s1. The molecule has 4 rings (SSSR count). The molecule has 0 bridgehead atoms. The number of thiophene rings is 1. The Labute approximate surface area is 189 Å². The summed E-state index contributed by atoms with van der Waals surface area (Å²) in [6.07, 6.45) is 8.32. The minimum atomic E-state index is -0.859. The second-order valence-electron chi connectivity index (χ2n) is 6.77. The lowest BCUT2D eigenvalue weighted by Crippen LogP contribution is -2.32. The van der Waals surface area contributed by atoms with E-state index in [4.69, 9.17) is 9.84 Å². The lowest BCUT2D eigenvalue weighted by molar-refractivity contribution is -0.144. The summed E-state index contributed by atoms with van der Waals surface area (Å²) in [5.74, 6) is -0.944. The first kappa shape index (κ1) is 21.2. The van der Waals surface area contributed by atoms with Crippen LogP contribution in [0, 0.1) is 0 Å². The number of nitrogens with zero attached hydrogens (tertiary/aromatic N) is 3. The van der Waals surface area contributed by atoms with Gasteiger partial charge >= 0.3 is 5.97 Å². The van der Waals surface area contributed by atoms with Gasteiger partial charge in [-0.3, -0.25) is 9.78 Å². The Morgan fingerprint density at radius 2 is 1.97 bits per heavy atom. The maximum atomic E-state index is 12.6. The zero-order valence-electron chi connectivity index (χ0n) is 17.2. The fourth-order valence-corrected chi connectivity index (χ4v) is 3.89. The number of aromatic nitrogens is 3. The monoisotopic (exact) mass is 444 g/mol. The van der Waals surface area contributed by atoms with Crippen molar-refractivity contribution in [2.75, 3.05) is 7.11 Å². The van der Waals surface area contributed by atoms with E-state index < -0.39 is 17.9 Å². The maximum Gasteiger partial charge on any atom is 0.333 e. The third-order valence-electron chi connectivity index (χ3n) is 4.66. The lowest BCUT2D eigenvalue weighted by atomic mass is 10.1. The first-order chi connectivity index (χ1) is 15.7. The minimum absolute atomic E-state index is 0.418. The molecule has 3 heterocycles. The largest absolute Gasteiger partial charge is 0.467 e. The van der Waals surface area contributed by atoms with Crippen molar-refractivity contribution in [3.63, 3.8) is 0 Å². The van der Waals surface area contributed by atoms with Crippen molar-refractivity contribution in [3.05, 3.63) is 95.1 Å². The predicted molar refractivity (Wildman–Crippen MR) is 123 cm³/mol. The molecule has 0 saturated heterocycles. The van der Waals surface area contributed by atoms with Gasteiger partial charge < -0.3 is 10.1 Å². The summed E-state index contributed by atoms with van der Waals surface area (Å²) >= 11 is 1.37. The Bertz CT molecular complexity index is 1220. The zero-order valence-corrected chi connectivity index (χ0v) is 18.0. The van der Waals surface area contributed by atoms with Gasteiger partial charge in [0.1, 0.15) is 5.69 Å². The highest BCUT2D eigenvalue weighted by Crippen LogP contribution is 2.24. The Morgan fingerprint density at radius 3 is 2.66 bits per heavy atom. The van der Waals surface area contributed by atoms with Gasteiger partial charge in [-0.2, -0.15) is 5.10 Å². The molecule has 0 aliphatic carbocycles. The van der Waals surface area contributed by atoms with Crippen LogP contribution in [0.25, 0.3) is 23.0 Å². The van der Waals surface area contributed by atoms with E-state index in [1.165, 1.54) is 24.5 Å². The summed E-state index contributed by atoms with van der Waals surface area (Å²) < 4.78 is 6.59. The molecule has 1 aromatic carbocycles. The van der Waals surface area contributed by atoms with Crippen molar-refractivity contribution < 1.29 is 14.3 Å². The molecule has 0 unspecified atom stereocenters. The molecule has 0 saturated carbocycles. The first-order valence-corrected chi connectivity index (χ1v) is 10.7. The first-order valence-electron chi connectivity index (χ1n) is 9.81. The van der Waals surface area contributed by atoms with E-state index >= 15 is 0 Å². The molecule has 1 amide bonds. The highest BCUT2D eigenvalue weighted by Gasteiger charge is 2.23. The molecule has 8 heteroatoms. The number of amides is 1. The average molecular weight is 445 g/mol. The number of esters is 1. The summed E-state index contributed by atoms with van der Waals surface area (Å²) in [5.41, 5.74) is 3.15. The Balaban J connectivity index is 1.62. The number of hydrogen-bond donors (Lipinski definition) is 1. The van der Waals surface area contributed by atoms with Crippen molar-refractivity contribution in [3.8, 4) is 16.9 Å². The lowest BCUT2D eigenvalue weighted by Gasteiger charge is -2.13. The fourth-order valence-electron chi connectivity index (χ4n) is 3.12. The van der Waals surface area contributed by atoms with Gasteiger partial charge in [0, 0.05) is 40.7 Å². The molecule has 32 heavy (non-hydrogen) atoms. The van der Waals surface area contributed by atoms with Crippen LogP contribution in [0.5, 0.6) is 0 Å². The minimum Gasteiger partial charge on any atom is -0.467 e. The van der Waals surface area contributed by atoms with Crippen LogP contribution in [0.3, 0.4) is 0 Å². The Kier molecular flexibility index (Phi) is 6.52. The van der Waals surface area contributed by atoms with Crippen molar-refractivity contribution in [1.82, 2.24) is 20.1 Å². The SMILES string of the molecule is COC(=O)[C@@H](NC(=O)/C=C\c1cn(-c2ccccc2)nc1-c1cccnc1)c1cccs1. The quantitative estimate of drug-likeness (QED) is 0.343. The molecule has 4 aromatic rings. The highest BCUT2D eigenvalue weighted by molar-refractivity contribution is 7.10. The number of pyridine rings is 1. The summed E-state index contributed by atoms with van der Waals surface area (Å²) in [5, 5.41) is 9.24. The van der Waals surface area contributed by atoms with Crippen LogP contribution in [-0.4, -0.2) is 33.8 Å². The molecule has 1 atom stereocenters. The average Bonchev–Trinajstić information content (AvgIpc) is 3.52. The van der Waals surface area contributed by atoms with Gasteiger partial charge in [-0.15, -0.1) is 11.3 Å². The van der Waals surface area contributed by atoms with Gasteiger partial charge in [-0.1, -0.05) is 24.3 Å². The molecule has 0 fully saturated rings. The van der Waals surface area contributed by atoms with Gasteiger partial charge in [0.15, 0.2) is 6.04 Å². The molecular formula is C24H20N4O3S. The predicted octanol–water partition coefficient (Wildman–Crippen LogP) is 4.04. The van der Waals surface area contributed by atoms with E-state index in [0.717, 1.165) is 16.8 Å². The van der Waals surface area contributed by atoms with E-state index in [9.17, 15) is 9.59 Å². The fraction of sp³-hybridized carbons (Fsp3) is 0.0833. The van der Waals surface area contributed by atoms with E-state index in [1.54, 1.807) is 29.2 Å². The molecule has 0 aliphatic heterocycles. The normalized spacial score (nSPS) is 11.9. The molecule has 0 spiro atoms. The van der Waals surface area contributed by atoms with Gasteiger partial charge in [0.05, 0.1) is 12.8 Å². The third kappa shape index (κ3) is 4.81.